The quantitative estimate of drug-likeness (QED) is 0.522. The summed E-state index contributed by atoms with van der Waals surface area (Å²) in [6.07, 6.45) is 1.36. The molecule has 1 atom stereocenters. The lowest BCUT2D eigenvalue weighted by Gasteiger charge is -2.03. The van der Waals surface area contributed by atoms with Gasteiger partial charge in [-0.05, 0) is 6.92 Å². The maximum absolute atomic E-state index is 11.5. The Bertz CT molecular complexity index is 590. The zero-order valence-electron chi connectivity index (χ0n) is 8.22. The molecule has 3 N–H and O–H groups in total. The SMILES string of the molecule is CC(Sc1nc2nc[nH]c2c(=O)[nH]1)C(=O)O. The highest BCUT2D eigenvalue weighted by atomic mass is 32.2. The second-order valence-electron chi connectivity index (χ2n) is 3.07. The van der Waals surface area contributed by atoms with E-state index in [-0.39, 0.29) is 21.9 Å². The summed E-state index contributed by atoms with van der Waals surface area (Å²) < 4.78 is 0. The Morgan fingerprint density at radius 1 is 1.62 bits per heavy atom. The van der Waals surface area contributed by atoms with Crippen LogP contribution < -0.4 is 5.56 Å². The molecule has 0 amide bonds. The molecule has 0 bridgehead atoms. The van der Waals surface area contributed by atoms with Gasteiger partial charge < -0.3 is 10.1 Å². The monoisotopic (exact) mass is 240 g/mol. The van der Waals surface area contributed by atoms with Crippen molar-refractivity contribution in [2.75, 3.05) is 0 Å². The molecule has 16 heavy (non-hydrogen) atoms. The van der Waals surface area contributed by atoms with Crippen molar-refractivity contribution in [3.8, 4) is 0 Å². The van der Waals surface area contributed by atoms with Crippen molar-refractivity contribution in [2.24, 2.45) is 0 Å². The molecule has 0 fully saturated rings. The summed E-state index contributed by atoms with van der Waals surface area (Å²) in [5.41, 5.74) is 0.207. The third-order valence-electron chi connectivity index (χ3n) is 1.91. The molecular weight excluding hydrogens is 232 g/mol. The Kier molecular flexibility index (Phi) is 2.65. The summed E-state index contributed by atoms with van der Waals surface area (Å²) in [6.45, 7) is 1.52. The van der Waals surface area contributed by atoms with Gasteiger partial charge in [-0.3, -0.25) is 14.6 Å². The number of fused-ring (bicyclic) bond motifs is 1. The molecule has 2 aromatic heterocycles. The third-order valence-corrected chi connectivity index (χ3v) is 2.88. The van der Waals surface area contributed by atoms with E-state index in [0.717, 1.165) is 11.8 Å². The number of carboxylic acids is 1. The zero-order valence-corrected chi connectivity index (χ0v) is 9.04. The van der Waals surface area contributed by atoms with Gasteiger partial charge >= 0.3 is 5.97 Å². The molecule has 8 heteroatoms. The number of imidazole rings is 1. The van der Waals surface area contributed by atoms with Gasteiger partial charge in [-0.15, -0.1) is 0 Å². The van der Waals surface area contributed by atoms with E-state index in [1.807, 2.05) is 0 Å². The van der Waals surface area contributed by atoms with E-state index < -0.39 is 11.2 Å². The van der Waals surface area contributed by atoms with E-state index in [2.05, 4.69) is 19.9 Å². The Morgan fingerprint density at radius 2 is 2.38 bits per heavy atom. The lowest BCUT2D eigenvalue weighted by Crippen LogP contribution is -2.15. The zero-order chi connectivity index (χ0) is 11.7. The van der Waals surface area contributed by atoms with Crippen molar-refractivity contribution >= 4 is 28.9 Å². The number of rotatable bonds is 3. The number of hydrogen-bond donors (Lipinski definition) is 3. The van der Waals surface area contributed by atoms with Crippen LogP contribution in [0.3, 0.4) is 0 Å². The molecule has 0 saturated carbocycles. The van der Waals surface area contributed by atoms with Gasteiger partial charge in [0.05, 0.1) is 6.33 Å². The van der Waals surface area contributed by atoms with Crippen LogP contribution >= 0.6 is 11.8 Å². The molecule has 2 rings (SSSR count). The summed E-state index contributed by atoms with van der Waals surface area (Å²) in [7, 11) is 0. The van der Waals surface area contributed by atoms with E-state index in [9.17, 15) is 9.59 Å². The van der Waals surface area contributed by atoms with Gasteiger partial charge in [0, 0.05) is 0 Å². The normalized spacial score (nSPS) is 12.8. The van der Waals surface area contributed by atoms with Crippen molar-refractivity contribution in [1.82, 2.24) is 19.9 Å². The second-order valence-corrected chi connectivity index (χ2v) is 4.40. The van der Waals surface area contributed by atoms with Crippen molar-refractivity contribution in [3.63, 3.8) is 0 Å². The average molecular weight is 240 g/mol. The maximum Gasteiger partial charge on any atom is 0.316 e. The number of nitrogens with zero attached hydrogens (tertiary/aromatic N) is 2. The fourth-order valence-corrected chi connectivity index (χ4v) is 1.82. The number of hydrogen-bond acceptors (Lipinski definition) is 5. The summed E-state index contributed by atoms with van der Waals surface area (Å²) in [6, 6.07) is 0. The molecule has 84 valence electrons. The molecule has 0 spiro atoms. The van der Waals surface area contributed by atoms with Gasteiger partial charge in [0.2, 0.25) is 0 Å². The van der Waals surface area contributed by atoms with Crippen LogP contribution in [-0.2, 0) is 4.79 Å². The van der Waals surface area contributed by atoms with Crippen LogP contribution in [0.4, 0.5) is 0 Å². The topological polar surface area (TPSA) is 112 Å². The number of carboxylic acid groups (broad SMARTS) is 1. The van der Waals surface area contributed by atoms with Crippen molar-refractivity contribution in [3.05, 3.63) is 16.7 Å². The van der Waals surface area contributed by atoms with Gasteiger partial charge in [-0.1, -0.05) is 11.8 Å². The fraction of sp³-hybridized carbons (Fsp3) is 0.250. The first-order chi connectivity index (χ1) is 7.58. The minimum atomic E-state index is -0.963. The van der Waals surface area contributed by atoms with Crippen LogP contribution in [0.1, 0.15) is 6.92 Å². The first-order valence-corrected chi connectivity index (χ1v) is 5.29. The molecule has 1 unspecified atom stereocenters. The summed E-state index contributed by atoms with van der Waals surface area (Å²) in [4.78, 5) is 35.1. The number of H-pyrrole nitrogens is 2. The predicted octanol–water partition coefficient (Wildman–Crippen LogP) is 0.211. The van der Waals surface area contributed by atoms with Crippen LogP contribution in [0.2, 0.25) is 0 Å². The summed E-state index contributed by atoms with van der Waals surface area (Å²) >= 11 is 0.964. The molecular formula is C8H8N4O3S. The van der Waals surface area contributed by atoms with E-state index >= 15 is 0 Å². The van der Waals surface area contributed by atoms with Gasteiger partial charge in [0.15, 0.2) is 16.3 Å². The number of nitrogens with one attached hydrogen (secondary N) is 2. The lowest BCUT2D eigenvalue weighted by molar-refractivity contribution is -0.136. The van der Waals surface area contributed by atoms with Crippen LogP contribution in [0, 0.1) is 0 Å². The highest BCUT2D eigenvalue weighted by molar-refractivity contribution is 8.00. The highest BCUT2D eigenvalue weighted by Crippen LogP contribution is 2.18. The van der Waals surface area contributed by atoms with E-state index in [1.165, 1.54) is 13.3 Å². The van der Waals surface area contributed by atoms with E-state index in [4.69, 9.17) is 5.11 Å². The van der Waals surface area contributed by atoms with Crippen molar-refractivity contribution < 1.29 is 9.90 Å². The molecule has 7 nitrogen and oxygen atoms in total. The Hall–Kier alpha value is -1.83. The minimum absolute atomic E-state index is 0.250. The van der Waals surface area contributed by atoms with Crippen LogP contribution in [0.15, 0.2) is 16.3 Å². The summed E-state index contributed by atoms with van der Waals surface area (Å²) in [5, 5.41) is 8.29. The van der Waals surface area contributed by atoms with Crippen molar-refractivity contribution in [1.29, 1.82) is 0 Å². The molecule has 0 aliphatic rings. The van der Waals surface area contributed by atoms with Gasteiger partial charge in [-0.25, -0.2) is 9.97 Å². The largest absolute Gasteiger partial charge is 0.480 e. The first kappa shape index (κ1) is 10.7. The first-order valence-electron chi connectivity index (χ1n) is 4.41. The highest BCUT2D eigenvalue weighted by Gasteiger charge is 2.15. The van der Waals surface area contributed by atoms with Crippen LogP contribution in [0.5, 0.6) is 0 Å². The third kappa shape index (κ3) is 1.91. The number of carbonyl (C=O) groups is 1. The predicted molar refractivity (Wildman–Crippen MR) is 57.5 cm³/mol. The molecule has 0 aliphatic carbocycles. The molecule has 0 aromatic carbocycles. The molecule has 0 aliphatic heterocycles. The van der Waals surface area contributed by atoms with Crippen molar-refractivity contribution in [2.45, 2.75) is 17.3 Å². The number of aromatic nitrogens is 4. The van der Waals surface area contributed by atoms with Crippen LogP contribution in [-0.4, -0.2) is 36.3 Å². The smallest absolute Gasteiger partial charge is 0.316 e. The average Bonchev–Trinajstić information content (AvgIpc) is 2.65. The minimum Gasteiger partial charge on any atom is -0.480 e. The Labute approximate surface area is 93.3 Å². The van der Waals surface area contributed by atoms with E-state index in [0.29, 0.717) is 0 Å². The second kappa shape index (κ2) is 3.97. The molecule has 2 heterocycles. The van der Waals surface area contributed by atoms with Crippen LogP contribution in [0.25, 0.3) is 11.2 Å². The van der Waals surface area contributed by atoms with Gasteiger partial charge in [-0.2, -0.15) is 0 Å². The number of aliphatic carboxylic acids is 1. The lowest BCUT2D eigenvalue weighted by atomic mass is 10.5. The molecule has 2 aromatic rings. The Balaban J connectivity index is 2.39. The molecule has 0 radical (unpaired) electrons. The molecule has 0 saturated heterocycles. The van der Waals surface area contributed by atoms with Gasteiger partial charge in [0.1, 0.15) is 5.25 Å². The standard InChI is InChI=1S/C8H8N4O3S/c1-3(7(14)15)16-8-11-5-4(6(13)12-8)9-2-10-5/h2-3H,1H3,(H,14,15)(H2,9,10,11,12,13). The van der Waals surface area contributed by atoms with E-state index in [1.54, 1.807) is 0 Å². The van der Waals surface area contributed by atoms with Gasteiger partial charge in [0.25, 0.3) is 5.56 Å². The maximum atomic E-state index is 11.5. The number of thioether (sulfide) groups is 1. The Morgan fingerprint density at radius 3 is 3.06 bits per heavy atom. The fourth-order valence-electron chi connectivity index (χ4n) is 1.10. The number of aromatic amines is 2. The summed E-state index contributed by atoms with van der Waals surface area (Å²) in [5.74, 6) is -0.963.